The highest BCUT2D eigenvalue weighted by atomic mass is 32.1. The average Bonchev–Trinajstić information content (AvgIpc) is 3.25. The molecule has 0 atom stereocenters. The minimum Gasteiger partial charge on any atom is -0.352 e. The van der Waals surface area contributed by atoms with E-state index in [1.807, 2.05) is 31.4 Å². The van der Waals surface area contributed by atoms with E-state index in [9.17, 15) is 4.79 Å². The van der Waals surface area contributed by atoms with E-state index in [2.05, 4.69) is 20.4 Å². The molecule has 1 amide bonds. The SMILES string of the molecule is CC(C)n1cc(C(=O)NCCc2csc(-c3ccncc3)n2)cn1. The lowest BCUT2D eigenvalue weighted by Crippen LogP contribution is -2.25. The van der Waals surface area contributed by atoms with E-state index in [1.54, 1.807) is 40.8 Å². The summed E-state index contributed by atoms with van der Waals surface area (Å²) in [4.78, 5) is 20.7. The number of thiazole rings is 1. The van der Waals surface area contributed by atoms with Gasteiger partial charge in [0.15, 0.2) is 0 Å². The number of rotatable bonds is 6. The Hall–Kier alpha value is -2.54. The van der Waals surface area contributed by atoms with Gasteiger partial charge in [0.05, 0.1) is 17.5 Å². The Bertz CT molecular complexity index is 809. The molecule has 6 nitrogen and oxygen atoms in total. The van der Waals surface area contributed by atoms with E-state index in [4.69, 9.17) is 0 Å². The summed E-state index contributed by atoms with van der Waals surface area (Å²) in [5.74, 6) is -0.105. The van der Waals surface area contributed by atoms with E-state index in [1.165, 1.54) is 0 Å². The Balaban J connectivity index is 1.53. The predicted octanol–water partition coefficient (Wildman–Crippen LogP) is 2.96. The molecular formula is C17H19N5OS. The highest BCUT2D eigenvalue weighted by Crippen LogP contribution is 2.22. The quantitative estimate of drug-likeness (QED) is 0.748. The number of hydrogen-bond donors (Lipinski definition) is 1. The van der Waals surface area contributed by atoms with Crippen molar-refractivity contribution in [3.05, 3.63) is 53.6 Å². The number of aromatic nitrogens is 4. The minimum atomic E-state index is -0.105. The molecule has 0 saturated carbocycles. The van der Waals surface area contributed by atoms with Crippen molar-refractivity contribution in [2.45, 2.75) is 26.3 Å². The molecule has 0 bridgehead atoms. The van der Waals surface area contributed by atoms with Crippen molar-refractivity contribution in [2.24, 2.45) is 0 Å². The first kappa shape index (κ1) is 16.3. The lowest BCUT2D eigenvalue weighted by Gasteiger charge is -2.04. The third kappa shape index (κ3) is 3.86. The van der Waals surface area contributed by atoms with Gasteiger partial charge in [0.2, 0.25) is 0 Å². The number of nitrogens with one attached hydrogen (secondary N) is 1. The summed E-state index contributed by atoms with van der Waals surface area (Å²) >= 11 is 1.60. The number of nitrogens with zero attached hydrogens (tertiary/aromatic N) is 4. The summed E-state index contributed by atoms with van der Waals surface area (Å²) in [6.45, 7) is 4.60. The van der Waals surface area contributed by atoms with Gasteiger partial charge in [-0.05, 0) is 26.0 Å². The second-order valence-corrected chi connectivity index (χ2v) is 6.55. The van der Waals surface area contributed by atoms with Crippen LogP contribution in [0.3, 0.4) is 0 Å². The summed E-state index contributed by atoms with van der Waals surface area (Å²) in [7, 11) is 0. The lowest BCUT2D eigenvalue weighted by atomic mass is 10.3. The molecule has 7 heteroatoms. The number of pyridine rings is 1. The predicted molar refractivity (Wildman–Crippen MR) is 94.0 cm³/mol. The molecule has 3 rings (SSSR count). The van der Waals surface area contributed by atoms with E-state index in [0.717, 1.165) is 16.3 Å². The third-order valence-corrected chi connectivity index (χ3v) is 4.48. The van der Waals surface area contributed by atoms with Gasteiger partial charge in [-0.1, -0.05) is 0 Å². The van der Waals surface area contributed by atoms with Crippen molar-refractivity contribution in [3.63, 3.8) is 0 Å². The van der Waals surface area contributed by atoms with Gasteiger partial charge in [-0.25, -0.2) is 4.98 Å². The van der Waals surface area contributed by atoms with E-state index in [-0.39, 0.29) is 11.9 Å². The Kier molecular flexibility index (Phi) is 5.00. The molecule has 0 fully saturated rings. The smallest absolute Gasteiger partial charge is 0.254 e. The first-order valence-electron chi connectivity index (χ1n) is 7.80. The number of carbonyl (C=O) groups is 1. The molecule has 24 heavy (non-hydrogen) atoms. The van der Waals surface area contributed by atoms with Gasteiger partial charge in [-0.3, -0.25) is 14.5 Å². The van der Waals surface area contributed by atoms with Crippen LogP contribution in [0.25, 0.3) is 10.6 Å². The Morgan fingerprint density at radius 1 is 1.33 bits per heavy atom. The van der Waals surface area contributed by atoms with Crippen molar-refractivity contribution in [2.75, 3.05) is 6.54 Å². The van der Waals surface area contributed by atoms with Crippen molar-refractivity contribution in [3.8, 4) is 10.6 Å². The van der Waals surface area contributed by atoms with Crippen LogP contribution in [-0.2, 0) is 6.42 Å². The maximum absolute atomic E-state index is 12.1. The van der Waals surface area contributed by atoms with Crippen LogP contribution in [0.1, 0.15) is 35.9 Å². The largest absolute Gasteiger partial charge is 0.352 e. The summed E-state index contributed by atoms with van der Waals surface area (Å²) in [6, 6.07) is 4.13. The van der Waals surface area contributed by atoms with Gasteiger partial charge >= 0.3 is 0 Å². The Morgan fingerprint density at radius 3 is 2.83 bits per heavy atom. The maximum Gasteiger partial charge on any atom is 0.254 e. The van der Waals surface area contributed by atoms with Crippen molar-refractivity contribution < 1.29 is 4.79 Å². The summed E-state index contributed by atoms with van der Waals surface area (Å²) in [5, 5.41) is 10.1. The Labute approximate surface area is 144 Å². The molecule has 0 spiro atoms. The average molecular weight is 341 g/mol. The lowest BCUT2D eigenvalue weighted by molar-refractivity contribution is 0.0954. The number of hydrogen-bond acceptors (Lipinski definition) is 5. The topological polar surface area (TPSA) is 72.7 Å². The van der Waals surface area contributed by atoms with E-state index >= 15 is 0 Å². The fourth-order valence-electron chi connectivity index (χ4n) is 2.19. The van der Waals surface area contributed by atoms with Crippen LogP contribution >= 0.6 is 11.3 Å². The highest BCUT2D eigenvalue weighted by Gasteiger charge is 2.10. The molecule has 0 aromatic carbocycles. The molecule has 0 saturated heterocycles. The monoisotopic (exact) mass is 341 g/mol. The molecule has 124 valence electrons. The zero-order valence-electron chi connectivity index (χ0n) is 13.6. The third-order valence-electron chi connectivity index (χ3n) is 3.54. The Morgan fingerprint density at radius 2 is 2.12 bits per heavy atom. The molecule has 0 aliphatic carbocycles. The summed E-state index contributed by atoms with van der Waals surface area (Å²) < 4.78 is 1.77. The van der Waals surface area contributed by atoms with Crippen LogP contribution < -0.4 is 5.32 Å². The van der Waals surface area contributed by atoms with Crippen LogP contribution in [0.2, 0.25) is 0 Å². The minimum absolute atomic E-state index is 0.105. The normalized spacial score (nSPS) is 11.0. The van der Waals surface area contributed by atoms with Gasteiger partial charge in [0.1, 0.15) is 5.01 Å². The fraction of sp³-hybridized carbons (Fsp3) is 0.294. The highest BCUT2D eigenvalue weighted by molar-refractivity contribution is 7.13. The molecule has 0 aliphatic rings. The standard InChI is InChI=1S/C17H19N5OS/c1-12(2)22-10-14(9-20-22)16(23)19-8-5-15-11-24-17(21-15)13-3-6-18-7-4-13/h3-4,6-7,9-12H,5,8H2,1-2H3,(H,19,23). The van der Waals surface area contributed by atoms with Gasteiger partial charge in [-0.15, -0.1) is 11.3 Å². The van der Waals surface area contributed by atoms with Gasteiger partial charge in [0, 0.05) is 48.5 Å². The van der Waals surface area contributed by atoms with Crippen LogP contribution in [-0.4, -0.2) is 32.2 Å². The summed E-state index contributed by atoms with van der Waals surface area (Å²) in [5.41, 5.74) is 2.62. The molecule has 1 N–H and O–H groups in total. The molecule has 0 radical (unpaired) electrons. The molecule has 3 aromatic rings. The van der Waals surface area contributed by atoms with Gasteiger partial charge in [-0.2, -0.15) is 5.10 Å². The maximum atomic E-state index is 12.1. The fourth-order valence-corrected chi connectivity index (χ4v) is 3.05. The summed E-state index contributed by atoms with van der Waals surface area (Å²) in [6.07, 6.45) is 7.58. The first-order chi connectivity index (χ1) is 11.6. The van der Waals surface area contributed by atoms with Crippen LogP contribution in [0.15, 0.2) is 42.3 Å². The second kappa shape index (κ2) is 7.35. The van der Waals surface area contributed by atoms with Gasteiger partial charge in [0.25, 0.3) is 5.91 Å². The zero-order valence-corrected chi connectivity index (χ0v) is 14.5. The van der Waals surface area contributed by atoms with Crippen LogP contribution in [0.4, 0.5) is 0 Å². The second-order valence-electron chi connectivity index (χ2n) is 5.69. The zero-order chi connectivity index (χ0) is 16.9. The first-order valence-corrected chi connectivity index (χ1v) is 8.68. The van der Waals surface area contributed by atoms with Crippen molar-refractivity contribution in [1.29, 1.82) is 0 Å². The molecule has 0 unspecified atom stereocenters. The number of carbonyl (C=O) groups excluding carboxylic acids is 1. The van der Waals surface area contributed by atoms with E-state index < -0.39 is 0 Å². The van der Waals surface area contributed by atoms with Crippen molar-refractivity contribution in [1.82, 2.24) is 25.1 Å². The van der Waals surface area contributed by atoms with Crippen LogP contribution in [0.5, 0.6) is 0 Å². The number of amides is 1. The van der Waals surface area contributed by atoms with Crippen LogP contribution in [0, 0.1) is 0 Å². The van der Waals surface area contributed by atoms with Gasteiger partial charge < -0.3 is 5.32 Å². The van der Waals surface area contributed by atoms with Crippen molar-refractivity contribution >= 4 is 17.2 Å². The molecule has 3 heterocycles. The molecule has 0 aliphatic heterocycles. The molecular weight excluding hydrogens is 322 g/mol. The van der Waals surface area contributed by atoms with E-state index in [0.29, 0.717) is 18.5 Å². The molecule has 3 aromatic heterocycles.